The van der Waals surface area contributed by atoms with Crippen molar-refractivity contribution >= 4 is 35.0 Å². The normalized spacial score (nSPS) is 14.2. The van der Waals surface area contributed by atoms with Crippen molar-refractivity contribution in [3.8, 4) is 0 Å². The van der Waals surface area contributed by atoms with Gasteiger partial charge in [0.15, 0.2) is 0 Å². The van der Waals surface area contributed by atoms with Crippen LogP contribution >= 0.6 is 23.2 Å². The standard InChI is InChI=1S/C10H8Cl2O4/c1-10(16,9(14)15)8(13)5-2-6(11)4-7(12)3-5/h2-4,16H,1H3,(H,14,15). The number of hydrogen-bond donors (Lipinski definition) is 2. The Bertz CT molecular complexity index is 434. The molecule has 86 valence electrons. The van der Waals surface area contributed by atoms with Crippen molar-refractivity contribution in [2.45, 2.75) is 12.5 Å². The number of ketones is 1. The molecule has 0 spiro atoms. The summed E-state index contributed by atoms with van der Waals surface area (Å²) < 4.78 is 0. The predicted molar refractivity (Wildman–Crippen MR) is 59.1 cm³/mol. The molecule has 0 aliphatic carbocycles. The Labute approximate surface area is 101 Å². The molecular weight excluding hydrogens is 255 g/mol. The van der Waals surface area contributed by atoms with E-state index in [9.17, 15) is 14.7 Å². The molecule has 1 rings (SSSR count). The highest BCUT2D eigenvalue weighted by Gasteiger charge is 2.39. The first-order chi connectivity index (χ1) is 7.25. The third kappa shape index (κ3) is 2.52. The summed E-state index contributed by atoms with van der Waals surface area (Å²) in [6.45, 7) is 0.895. The number of carbonyl (C=O) groups is 2. The second-order valence-electron chi connectivity index (χ2n) is 3.36. The van der Waals surface area contributed by atoms with Gasteiger partial charge in [-0.1, -0.05) is 23.2 Å². The van der Waals surface area contributed by atoms with Gasteiger partial charge in [-0.2, -0.15) is 0 Å². The Balaban J connectivity index is 3.20. The molecular formula is C10H8Cl2O4. The van der Waals surface area contributed by atoms with E-state index in [1.165, 1.54) is 18.2 Å². The average molecular weight is 263 g/mol. The lowest BCUT2D eigenvalue weighted by Gasteiger charge is -2.16. The lowest BCUT2D eigenvalue weighted by atomic mass is 9.95. The number of aliphatic hydroxyl groups is 1. The van der Waals surface area contributed by atoms with Crippen molar-refractivity contribution in [1.29, 1.82) is 0 Å². The van der Waals surface area contributed by atoms with Crippen molar-refractivity contribution in [2.75, 3.05) is 0 Å². The third-order valence-corrected chi connectivity index (χ3v) is 2.42. The molecule has 1 atom stereocenters. The minimum Gasteiger partial charge on any atom is -0.479 e. The fourth-order valence-corrected chi connectivity index (χ4v) is 1.59. The summed E-state index contributed by atoms with van der Waals surface area (Å²) in [5.41, 5.74) is -2.54. The molecule has 0 aliphatic rings. The van der Waals surface area contributed by atoms with Crippen LogP contribution < -0.4 is 0 Å². The van der Waals surface area contributed by atoms with Crippen LogP contribution in [0.15, 0.2) is 18.2 Å². The zero-order chi connectivity index (χ0) is 12.5. The quantitative estimate of drug-likeness (QED) is 0.646. The Morgan fingerprint density at radius 2 is 1.62 bits per heavy atom. The van der Waals surface area contributed by atoms with Crippen LogP contribution in [0.25, 0.3) is 0 Å². The first kappa shape index (κ1) is 13.0. The molecule has 1 aromatic rings. The average Bonchev–Trinajstić information content (AvgIpc) is 2.14. The van der Waals surface area contributed by atoms with Gasteiger partial charge in [0, 0.05) is 15.6 Å². The molecule has 1 aromatic carbocycles. The van der Waals surface area contributed by atoms with E-state index in [0.29, 0.717) is 0 Å². The van der Waals surface area contributed by atoms with E-state index in [1.807, 2.05) is 0 Å². The highest BCUT2D eigenvalue weighted by Crippen LogP contribution is 2.22. The van der Waals surface area contributed by atoms with Crippen LogP contribution in [-0.2, 0) is 4.79 Å². The molecule has 0 heterocycles. The minimum atomic E-state index is -2.49. The maximum atomic E-state index is 11.7. The molecule has 6 heteroatoms. The monoisotopic (exact) mass is 262 g/mol. The number of carbonyl (C=O) groups excluding carboxylic acids is 1. The number of benzene rings is 1. The SMILES string of the molecule is CC(O)(C(=O)O)C(=O)c1cc(Cl)cc(Cl)c1. The molecule has 16 heavy (non-hydrogen) atoms. The van der Waals surface area contributed by atoms with Gasteiger partial charge < -0.3 is 10.2 Å². The van der Waals surface area contributed by atoms with Crippen LogP contribution in [0.4, 0.5) is 0 Å². The van der Waals surface area contributed by atoms with Crippen LogP contribution in [0.5, 0.6) is 0 Å². The van der Waals surface area contributed by atoms with E-state index in [1.54, 1.807) is 0 Å². The number of halogens is 2. The molecule has 4 nitrogen and oxygen atoms in total. The van der Waals surface area contributed by atoms with Crippen LogP contribution in [-0.4, -0.2) is 27.6 Å². The molecule has 0 aromatic heterocycles. The van der Waals surface area contributed by atoms with Gasteiger partial charge in [-0.3, -0.25) is 4.79 Å². The number of carboxylic acid groups (broad SMARTS) is 1. The molecule has 1 unspecified atom stereocenters. The molecule has 0 bridgehead atoms. The summed E-state index contributed by atoms with van der Waals surface area (Å²) in [5.74, 6) is -2.60. The number of rotatable bonds is 3. The van der Waals surface area contributed by atoms with Crippen LogP contribution in [0.3, 0.4) is 0 Å². The van der Waals surface area contributed by atoms with E-state index >= 15 is 0 Å². The summed E-state index contributed by atoms with van der Waals surface area (Å²) in [6.07, 6.45) is 0. The molecule has 0 fully saturated rings. The van der Waals surface area contributed by atoms with E-state index in [0.717, 1.165) is 6.92 Å². The van der Waals surface area contributed by atoms with Crippen molar-refractivity contribution in [1.82, 2.24) is 0 Å². The summed E-state index contributed by atoms with van der Waals surface area (Å²) in [7, 11) is 0. The Kier molecular flexibility index (Phi) is 3.57. The lowest BCUT2D eigenvalue weighted by molar-refractivity contribution is -0.151. The van der Waals surface area contributed by atoms with Gasteiger partial charge in [-0.15, -0.1) is 0 Å². The fourth-order valence-electron chi connectivity index (χ4n) is 1.06. The second kappa shape index (κ2) is 4.41. The van der Waals surface area contributed by atoms with Gasteiger partial charge in [-0.25, -0.2) is 4.79 Å². The van der Waals surface area contributed by atoms with Gasteiger partial charge in [0.05, 0.1) is 0 Å². The van der Waals surface area contributed by atoms with Gasteiger partial charge in [-0.05, 0) is 25.1 Å². The number of aliphatic carboxylic acids is 1. The van der Waals surface area contributed by atoms with E-state index in [2.05, 4.69) is 0 Å². The zero-order valence-corrected chi connectivity index (χ0v) is 9.71. The molecule has 0 radical (unpaired) electrons. The predicted octanol–water partition coefficient (Wildman–Crippen LogP) is 2.01. The molecule has 0 aliphatic heterocycles. The van der Waals surface area contributed by atoms with Crippen LogP contribution in [0.1, 0.15) is 17.3 Å². The fraction of sp³-hybridized carbons (Fsp3) is 0.200. The van der Waals surface area contributed by atoms with Crippen molar-refractivity contribution in [3.63, 3.8) is 0 Å². The summed E-state index contributed by atoms with van der Waals surface area (Å²) in [5, 5.41) is 18.5. The largest absolute Gasteiger partial charge is 0.479 e. The Hall–Kier alpha value is -1.10. The number of hydrogen-bond acceptors (Lipinski definition) is 3. The maximum Gasteiger partial charge on any atom is 0.343 e. The Morgan fingerprint density at radius 3 is 2.00 bits per heavy atom. The number of Topliss-reactive ketones (excluding diaryl/α,β-unsaturated/α-hetero) is 1. The molecule has 0 saturated carbocycles. The van der Waals surface area contributed by atoms with Crippen molar-refractivity contribution < 1.29 is 19.8 Å². The molecule has 2 N–H and O–H groups in total. The van der Waals surface area contributed by atoms with Gasteiger partial charge in [0.1, 0.15) is 0 Å². The molecule has 0 amide bonds. The summed E-state index contributed by atoms with van der Waals surface area (Å²) in [4.78, 5) is 22.3. The Morgan fingerprint density at radius 1 is 1.19 bits per heavy atom. The smallest absolute Gasteiger partial charge is 0.343 e. The first-order valence-electron chi connectivity index (χ1n) is 4.22. The maximum absolute atomic E-state index is 11.7. The summed E-state index contributed by atoms with van der Waals surface area (Å²) >= 11 is 11.3. The van der Waals surface area contributed by atoms with Gasteiger partial charge in [0.25, 0.3) is 0 Å². The van der Waals surface area contributed by atoms with Crippen LogP contribution in [0.2, 0.25) is 10.0 Å². The first-order valence-corrected chi connectivity index (χ1v) is 4.97. The van der Waals surface area contributed by atoms with E-state index < -0.39 is 17.4 Å². The topological polar surface area (TPSA) is 74.6 Å². The van der Waals surface area contributed by atoms with Gasteiger partial charge in [0.2, 0.25) is 11.4 Å². The van der Waals surface area contributed by atoms with Crippen LogP contribution in [0, 0.1) is 0 Å². The third-order valence-electron chi connectivity index (χ3n) is 1.98. The second-order valence-corrected chi connectivity index (χ2v) is 4.24. The minimum absolute atomic E-state index is 0.0510. The number of carboxylic acids is 1. The lowest BCUT2D eigenvalue weighted by Crippen LogP contribution is -2.43. The summed E-state index contributed by atoms with van der Waals surface area (Å²) in [6, 6.07) is 3.88. The van der Waals surface area contributed by atoms with Gasteiger partial charge >= 0.3 is 5.97 Å². The van der Waals surface area contributed by atoms with E-state index in [-0.39, 0.29) is 15.6 Å². The van der Waals surface area contributed by atoms with Crippen molar-refractivity contribution in [2.24, 2.45) is 0 Å². The van der Waals surface area contributed by atoms with E-state index in [4.69, 9.17) is 28.3 Å². The highest BCUT2D eigenvalue weighted by molar-refractivity contribution is 6.35. The highest BCUT2D eigenvalue weighted by atomic mass is 35.5. The van der Waals surface area contributed by atoms with Crippen molar-refractivity contribution in [3.05, 3.63) is 33.8 Å². The molecule has 0 saturated heterocycles. The zero-order valence-electron chi connectivity index (χ0n) is 8.20.